The fraction of sp³-hybridized carbons (Fsp3) is 1.00. The molecule has 0 aliphatic rings. The Hall–Kier alpha value is -0.210. The van der Waals surface area contributed by atoms with Crippen LogP contribution in [0.1, 0.15) is 33.6 Å². The first kappa shape index (κ1) is 17.8. The van der Waals surface area contributed by atoms with Crippen molar-refractivity contribution in [2.24, 2.45) is 0 Å². The molecule has 6 nitrogen and oxygen atoms in total. The molecule has 18 heavy (non-hydrogen) atoms. The van der Waals surface area contributed by atoms with Crippen LogP contribution in [0.5, 0.6) is 0 Å². The van der Waals surface area contributed by atoms with E-state index in [1.165, 1.54) is 4.31 Å². The third-order valence-electron chi connectivity index (χ3n) is 2.31. The van der Waals surface area contributed by atoms with Gasteiger partial charge in [-0.25, -0.2) is 4.72 Å². The maximum absolute atomic E-state index is 11.9. The van der Waals surface area contributed by atoms with E-state index in [1.807, 2.05) is 13.8 Å². The van der Waals surface area contributed by atoms with E-state index in [9.17, 15) is 8.42 Å². The molecule has 0 aromatic heterocycles. The van der Waals surface area contributed by atoms with Gasteiger partial charge in [-0.15, -0.1) is 0 Å². The highest BCUT2D eigenvalue weighted by Gasteiger charge is 2.18. The van der Waals surface area contributed by atoms with Gasteiger partial charge in [0.25, 0.3) is 10.2 Å². The minimum Gasteiger partial charge on any atom is -0.392 e. The van der Waals surface area contributed by atoms with Crippen LogP contribution in [0.3, 0.4) is 0 Å². The van der Waals surface area contributed by atoms with Crippen molar-refractivity contribution in [3.63, 3.8) is 0 Å². The molecule has 0 aliphatic carbocycles. The van der Waals surface area contributed by atoms with Gasteiger partial charge in [0.15, 0.2) is 0 Å². The second-order valence-corrected chi connectivity index (χ2v) is 6.11. The zero-order chi connectivity index (χ0) is 14.0. The Balaban J connectivity index is 4.03. The van der Waals surface area contributed by atoms with Gasteiger partial charge in [0.05, 0.1) is 6.10 Å². The number of hydrogen-bond acceptors (Lipinski definition) is 4. The van der Waals surface area contributed by atoms with Crippen molar-refractivity contribution in [3.05, 3.63) is 0 Å². The van der Waals surface area contributed by atoms with Gasteiger partial charge in [-0.05, 0) is 19.8 Å². The summed E-state index contributed by atoms with van der Waals surface area (Å²) in [4.78, 5) is 0. The zero-order valence-corrected chi connectivity index (χ0v) is 12.5. The Bertz CT molecular complexity index is 288. The molecule has 110 valence electrons. The van der Waals surface area contributed by atoms with E-state index >= 15 is 0 Å². The number of aliphatic hydroxyl groups excluding tert-OH is 1. The van der Waals surface area contributed by atoms with Crippen molar-refractivity contribution in [1.82, 2.24) is 14.3 Å². The van der Waals surface area contributed by atoms with E-state index < -0.39 is 16.3 Å². The van der Waals surface area contributed by atoms with Crippen molar-refractivity contribution < 1.29 is 13.5 Å². The number of nitrogens with one attached hydrogen (secondary N) is 2. The van der Waals surface area contributed by atoms with Gasteiger partial charge in [0.2, 0.25) is 0 Å². The number of aliphatic hydroxyl groups is 1. The number of nitrogens with zero attached hydrogens (tertiary/aromatic N) is 1. The summed E-state index contributed by atoms with van der Waals surface area (Å²) in [6.45, 7) is 8.01. The monoisotopic (exact) mass is 281 g/mol. The molecule has 0 fully saturated rings. The molecular weight excluding hydrogens is 254 g/mol. The van der Waals surface area contributed by atoms with E-state index in [1.54, 1.807) is 6.92 Å². The average molecular weight is 281 g/mol. The quantitative estimate of drug-likeness (QED) is 0.462. The van der Waals surface area contributed by atoms with Crippen molar-refractivity contribution in [2.45, 2.75) is 39.7 Å². The summed E-state index contributed by atoms with van der Waals surface area (Å²) in [7, 11) is -3.37. The minimum absolute atomic E-state index is 0.332. The van der Waals surface area contributed by atoms with Crippen LogP contribution >= 0.6 is 0 Å². The van der Waals surface area contributed by atoms with Crippen LogP contribution in [-0.4, -0.2) is 56.7 Å². The molecule has 0 rings (SSSR count). The summed E-state index contributed by atoms with van der Waals surface area (Å²) in [6.07, 6.45) is 1.20. The Morgan fingerprint density at radius 3 is 2.17 bits per heavy atom. The van der Waals surface area contributed by atoms with E-state index in [4.69, 9.17) is 5.11 Å². The van der Waals surface area contributed by atoms with Crippen molar-refractivity contribution in [1.29, 1.82) is 0 Å². The predicted octanol–water partition coefficient (Wildman–Crippen LogP) is -0.0868. The molecule has 0 heterocycles. The van der Waals surface area contributed by atoms with Crippen LogP contribution < -0.4 is 10.0 Å². The topological polar surface area (TPSA) is 81.7 Å². The fourth-order valence-corrected chi connectivity index (χ4v) is 2.91. The lowest BCUT2D eigenvalue weighted by Crippen LogP contribution is -2.44. The van der Waals surface area contributed by atoms with Gasteiger partial charge in [-0.3, -0.25) is 0 Å². The number of rotatable bonds is 11. The Morgan fingerprint density at radius 1 is 1.17 bits per heavy atom. The molecule has 1 atom stereocenters. The molecule has 0 aromatic rings. The third kappa shape index (κ3) is 7.99. The molecule has 0 bridgehead atoms. The maximum Gasteiger partial charge on any atom is 0.279 e. The van der Waals surface area contributed by atoms with Crippen LogP contribution in [0.15, 0.2) is 0 Å². The van der Waals surface area contributed by atoms with E-state index in [2.05, 4.69) is 10.0 Å². The van der Waals surface area contributed by atoms with Crippen LogP contribution in [0.4, 0.5) is 0 Å². The molecule has 0 aliphatic heterocycles. The molecule has 0 spiro atoms. The SMILES string of the molecule is CCCN(CCC)S(=O)(=O)NCCNCC(C)O. The van der Waals surface area contributed by atoms with Gasteiger partial charge in [0, 0.05) is 32.7 Å². The van der Waals surface area contributed by atoms with E-state index in [-0.39, 0.29) is 0 Å². The second-order valence-electron chi connectivity index (χ2n) is 4.35. The van der Waals surface area contributed by atoms with Gasteiger partial charge in [-0.2, -0.15) is 12.7 Å². The third-order valence-corrected chi connectivity index (χ3v) is 3.93. The maximum atomic E-state index is 11.9. The lowest BCUT2D eigenvalue weighted by atomic mass is 10.4. The van der Waals surface area contributed by atoms with Crippen LogP contribution in [-0.2, 0) is 10.2 Å². The summed E-state index contributed by atoms with van der Waals surface area (Å²) < 4.78 is 27.9. The molecule has 7 heteroatoms. The summed E-state index contributed by atoms with van der Waals surface area (Å²) in [6, 6.07) is 0. The minimum atomic E-state index is -3.37. The standard InChI is InChI=1S/C11H27N3O3S/c1-4-8-14(9-5-2)18(16,17)13-7-6-12-10-11(3)15/h11-13,15H,4-10H2,1-3H3. The highest BCUT2D eigenvalue weighted by molar-refractivity contribution is 7.87. The zero-order valence-electron chi connectivity index (χ0n) is 11.6. The smallest absolute Gasteiger partial charge is 0.279 e. The fourth-order valence-electron chi connectivity index (χ4n) is 1.52. The first-order valence-corrected chi connectivity index (χ1v) is 8.01. The molecule has 0 radical (unpaired) electrons. The lowest BCUT2D eigenvalue weighted by Gasteiger charge is -2.21. The van der Waals surface area contributed by atoms with E-state index in [0.29, 0.717) is 32.7 Å². The lowest BCUT2D eigenvalue weighted by molar-refractivity contribution is 0.192. The second kappa shape index (κ2) is 9.69. The van der Waals surface area contributed by atoms with Gasteiger partial charge in [-0.1, -0.05) is 13.8 Å². The summed E-state index contributed by atoms with van der Waals surface area (Å²) >= 11 is 0. The molecule has 0 amide bonds. The molecule has 3 N–H and O–H groups in total. The summed E-state index contributed by atoms with van der Waals surface area (Å²) in [5.41, 5.74) is 0. The largest absolute Gasteiger partial charge is 0.392 e. The van der Waals surface area contributed by atoms with Crippen LogP contribution in [0, 0.1) is 0 Å². The summed E-state index contributed by atoms with van der Waals surface area (Å²) in [5.74, 6) is 0. The highest BCUT2D eigenvalue weighted by Crippen LogP contribution is 2.00. The Morgan fingerprint density at radius 2 is 1.72 bits per heavy atom. The first-order chi connectivity index (χ1) is 8.44. The molecule has 1 unspecified atom stereocenters. The van der Waals surface area contributed by atoms with Crippen LogP contribution in [0.2, 0.25) is 0 Å². The highest BCUT2D eigenvalue weighted by atomic mass is 32.2. The molecule has 0 saturated heterocycles. The molecular formula is C11H27N3O3S. The Labute approximate surface area is 111 Å². The van der Waals surface area contributed by atoms with Crippen molar-refractivity contribution >= 4 is 10.2 Å². The molecule has 0 saturated carbocycles. The van der Waals surface area contributed by atoms with E-state index in [0.717, 1.165) is 12.8 Å². The molecule has 0 aromatic carbocycles. The Kier molecular flexibility index (Phi) is 9.57. The number of hydrogen-bond donors (Lipinski definition) is 3. The predicted molar refractivity (Wildman–Crippen MR) is 73.6 cm³/mol. The van der Waals surface area contributed by atoms with Crippen molar-refractivity contribution in [2.75, 3.05) is 32.7 Å². The van der Waals surface area contributed by atoms with Crippen molar-refractivity contribution in [3.8, 4) is 0 Å². The van der Waals surface area contributed by atoms with Gasteiger partial charge in [0.1, 0.15) is 0 Å². The van der Waals surface area contributed by atoms with Crippen LogP contribution in [0.25, 0.3) is 0 Å². The van der Waals surface area contributed by atoms with Gasteiger partial charge >= 0.3 is 0 Å². The average Bonchev–Trinajstić information content (AvgIpc) is 2.27. The van der Waals surface area contributed by atoms with Gasteiger partial charge < -0.3 is 10.4 Å². The summed E-state index contributed by atoms with van der Waals surface area (Å²) in [5, 5.41) is 12.0. The normalized spacial score (nSPS) is 14.1. The first-order valence-electron chi connectivity index (χ1n) is 6.57.